The summed E-state index contributed by atoms with van der Waals surface area (Å²) in [4.78, 5) is 33.6. The molecule has 0 fully saturated rings. The number of para-hydroxylation sites is 1. The van der Waals surface area contributed by atoms with Crippen molar-refractivity contribution in [2.24, 2.45) is 0 Å². The molecule has 0 spiro atoms. The summed E-state index contributed by atoms with van der Waals surface area (Å²) in [5.74, 6) is -0.633. The van der Waals surface area contributed by atoms with Crippen LogP contribution in [0.15, 0.2) is 36.4 Å². The molecule has 1 unspecified atom stereocenters. The van der Waals surface area contributed by atoms with Crippen molar-refractivity contribution in [3.8, 4) is 0 Å². The highest BCUT2D eigenvalue weighted by Gasteiger charge is 2.23. The van der Waals surface area contributed by atoms with Crippen LogP contribution in [0.4, 0.5) is 5.69 Å². The number of ether oxygens (including phenoxy) is 1. The number of nitrogens with zero attached hydrogens (tertiary/aromatic N) is 1. The average Bonchev–Trinajstić information content (AvgIpc) is 2.44. The van der Waals surface area contributed by atoms with Gasteiger partial charge in [0.25, 0.3) is 5.69 Å². The number of carbonyl (C=O) groups excluding carboxylic acids is 2. The fourth-order valence-electron chi connectivity index (χ4n) is 2.18. The van der Waals surface area contributed by atoms with Crippen molar-refractivity contribution in [2.75, 3.05) is 0 Å². The lowest BCUT2D eigenvalue weighted by Crippen LogP contribution is -2.20. The van der Waals surface area contributed by atoms with Gasteiger partial charge in [0.1, 0.15) is 11.7 Å². The van der Waals surface area contributed by atoms with Crippen LogP contribution in [0.25, 0.3) is 0 Å². The SMILES string of the molecule is O=C1/C=C\CC(OC(=O)c2ccccc2[N+](=O)[O-])CCC1. The summed E-state index contributed by atoms with van der Waals surface area (Å²) in [5, 5.41) is 10.9. The monoisotopic (exact) mass is 289 g/mol. The Morgan fingerprint density at radius 1 is 1.33 bits per heavy atom. The smallest absolute Gasteiger partial charge is 0.345 e. The van der Waals surface area contributed by atoms with Gasteiger partial charge < -0.3 is 4.74 Å². The standard InChI is InChI=1S/C15H15NO5/c17-11-5-3-7-12(8-4-6-11)21-15(18)13-9-1-2-10-14(13)16(19)20/h1-3,5,9-10,12H,4,6-8H2/b5-3-. The van der Waals surface area contributed by atoms with Crippen LogP contribution in [-0.2, 0) is 9.53 Å². The Kier molecular flexibility index (Phi) is 4.81. The normalized spacial score (nSPS) is 20.2. The Hall–Kier alpha value is -2.50. The largest absolute Gasteiger partial charge is 0.458 e. The summed E-state index contributed by atoms with van der Waals surface area (Å²) >= 11 is 0. The predicted octanol–water partition coefficient (Wildman–Crippen LogP) is 2.82. The fourth-order valence-corrected chi connectivity index (χ4v) is 2.18. The number of nitro groups is 1. The molecule has 6 nitrogen and oxygen atoms in total. The van der Waals surface area contributed by atoms with Gasteiger partial charge in [-0.05, 0) is 25.0 Å². The number of esters is 1. The predicted molar refractivity (Wildman–Crippen MR) is 74.9 cm³/mol. The second-order valence-electron chi connectivity index (χ2n) is 4.80. The molecule has 0 radical (unpaired) electrons. The molecular formula is C15H15NO5. The molecule has 0 amide bonds. The molecule has 0 bridgehead atoms. The van der Waals surface area contributed by atoms with E-state index < -0.39 is 10.9 Å². The van der Waals surface area contributed by atoms with E-state index in [0.717, 1.165) is 0 Å². The quantitative estimate of drug-likeness (QED) is 0.485. The third-order valence-corrected chi connectivity index (χ3v) is 3.25. The molecule has 1 aromatic carbocycles. The first-order chi connectivity index (χ1) is 10.1. The van der Waals surface area contributed by atoms with Crippen molar-refractivity contribution >= 4 is 17.4 Å². The number of hydrogen-bond acceptors (Lipinski definition) is 5. The van der Waals surface area contributed by atoms with Crippen LogP contribution in [-0.4, -0.2) is 22.8 Å². The maximum absolute atomic E-state index is 12.1. The Labute approximate surface area is 121 Å². The van der Waals surface area contributed by atoms with Crippen LogP contribution < -0.4 is 0 Å². The van der Waals surface area contributed by atoms with Crippen LogP contribution in [0.1, 0.15) is 36.0 Å². The minimum Gasteiger partial charge on any atom is -0.458 e. The lowest BCUT2D eigenvalue weighted by molar-refractivity contribution is -0.385. The summed E-state index contributed by atoms with van der Waals surface area (Å²) in [6, 6.07) is 5.70. The molecule has 1 atom stereocenters. The Bertz CT molecular complexity index is 593. The van der Waals surface area contributed by atoms with Crippen LogP contribution >= 0.6 is 0 Å². The van der Waals surface area contributed by atoms with Crippen LogP contribution in [0.5, 0.6) is 0 Å². The summed E-state index contributed by atoms with van der Waals surface area (Å²) in [7, 11) is 0. The molecule has 2 rings (SSSR count). The fraction of sp³-hybridized carbons (Fsp3) is 0.333. The van der Waals surface area contributed by atoms with Gasteiger partial charge in [-0.25, -0.2) is 4.79 Å². The molecule has 0 heterocycles. The lowest BCUT2D eigenvalue weighted by atomic mass is 10.0. The van der Waals surface area contributed by atoms with E-state index in [1.165, 1.54) is 24.3 Å². The Balaban J connectivity index is 2.09. The zero-order valence-electron chi connectivity index (χ0n) is 11.4. The Morgan fingerprint density at radius 3 is 2.86 bits per heavy atom. The van der Waals surface area contributed by atoms with Crippen molar-refractivity contribution in [3.63, 3.8) is 0 Å². The number of nitro benzene ring substituents is 1. The van der Waals surface area contributed by atoms with Gasteiger partial charge in [0.05, 0.1) is 4.92 Å². The minimum atomic E-state index is -0.701. The van der Waals surface area contributed by atoms with Gasteiger partial charge >= 0.3 is 5.97 Å². The first-order valence-corrected chi connectivity index (χ1v) is 6.71. The third-order valence-electron chi connectivity index (χ3n) is 3.25. The van der Waals surface area contributed by atoms with E-state index in [2.05, 4.69) is 0 Å². The zero-order valence-corrected chi connectivity index (χ0v) is 11.4. The molecule has 110 valence electrons. The van der Waals surface area contributed by atoms with Crippen LogP contribution in [0.3, 0.4) is 0 Å². The van der Waals surface area contributed by atoms with E-state index >= 15 is 0 Å². The maximum Gasteiger partial charge on any atom is 0.345 e. The molecule has 0 N–H and O–H groups in total. The number of benzene rings is 1. The van der Waals surface area contributed by atoms with Crippen LogP contribution in [0, 0.1) is 10.1 Å². The van der Waals surface area contributed by atoms with Gasteiger partial charge in [0.2, 0.25) is 0 Å². The molecule has 0 saturated heterocycles. The number of hydrogen-bond donors (Lipinski definition) is 0. The Morgan fingerprint density at radius 2 is 2.10 bits per heavy atom. The molecule has 1 aliphatic rings. The second kappa shape index (κ2) is 6.78. The highest BCUT2D eigenvalue weighted by Crippen LogP contribution is 2.21. The van der Waals surface area contributed by atoms with Gasteiger partial charge in [0.15, 0.2) is 5.78 Å². The topological polar surface area (TPSA) is 86.5 Å². The minimum absolute atomic E-state index is 0.0513. The zero-order chi connectivity index (χ0) is 15.2. The summed E-state index contributed by atoms with van der Waals surface area (Å²) < 4.78 is 5.33. The third kappa shape index (κ3) is 3.98. The molecule has 1 aromatic rings. The highest BCUT2D eigenvalue weighted by atomic mass is 16.6. The summed E-state index contributed by atoms with van der Waals surface area (Å²) in [5.41, 5.74) is -0.316. The second-order valence-corrected chi connectivity index (χ2v) is 4.80. The van der Waals surface area contributed by atoms with Crippen molar-refractivity contribution in [2.45, 2.75) is 31.8 Å². The molecular weight excluding hydrogens is 274 g/mol. The van der Waals surface area contributed by atoms with E-state index in [1.807, 2.05) is 0 Å². The van der Waals surface area contributed by atoms with Crippen molar-refractivity contribution in [1.82, 2.24) is 0 Å². The molecule has 0 aliphatic heterocycles. The van der Waals surface area contributed by atoms with Gasteiger partial charge in [0, 0.05) is 18.9 Å². The molecule has 6 heteroatoms. The maximum atomic E-state index is 12.1. The first kappa shape index (κ1) is 14.9. The molecule has 1 aliphatic carbocycles. The number of allylic oxidation sites excluding steroid dienone is 1. The number of rotatable bonds is 3. The van der Waals surface area contributed by atoms with Gasteiger partial charge in [-0.1, -0.05) is 18.2 Å². The lowest BCUT2D eigenvalue weighted by Gasteiger charge is -2.17. The molecule has 21 heavy (non-hydrogen) atoms. The van der Waals surface area contributed by atoms with Gasteiger partial charge in [-0.3, -0.25) is 14.9 Å². The summed E-state index contributed by atoms with van der Waals surface area (Å²) in [6.07, 6.45) is 4.89. The van der Waals surface area contributed by atoms with E-state index in [-0.39, 0.29) is 23.1 Å². The van der Waals surface area contributed by atoms with Crippen molar-refractivity contribution in [1.29, 1.82) is 0 Å². The molecule has 0 saturated carbocycles. The number of ketones is 1. The average molecular weight is 289 g/mol. The van der Waals surface area contributed by atoms with Crippen molar-refractivity contribution in [3.05, 3.63) is 52.1 Å². The van der Waals surface area contributed by atoms with E-state index in [0.29, 0.717) is 25.7 Å². The molecule has 0 aromatic heterocycles. The van der Waals surface area contributed by atoms with E-state index in [9.17, 15) is 19.7 Å². The van der Waals surface area contributed by atoms with Crippen LogP contribution in [0.2, 0.25) is 0 Å². The first-order valence-electron chi connectivity index (χ1n) is 6.71. The van der Waals surface area contributed by atoms with Gasteiger partial charge in [-0.15, -0.1) is 0 Å². The van der Waals surface area contributed by atoms with E-state index in [1.54, 1.807) is 12.1 Å². The summed E-state index contributed by atoms with van der Waals surface area (Å²) in [6.45, 7) is 0. The van der Waals surface area contributed by atoms with E-state index in [4.69, 9.17) is 4.74 Å². The highest BCUT2D eigenvalue weighted by molar-refractivity contribution is 5.94. The number of carbonyl (C=O) groups is 2. The van der Waals surface area contributed by atoms with Gasteiger partial charge in [-0.2, -0.15) is 0 Å². The van der Waals surface area contributed by atoms with Crippen molar-refractivity contribution < 1.29 is 19.2 Å².